The predicted octanol–water partition coefficient (Wildman–Crippen LogP) is 8.01. The van der Waals surface area contributed by atoms with E-state index in [1.165, 1.54) is 11.1 Å². The number of allylic oxidation sites excluding steroid dienone is 3. The van der Waals surface area contributed by atoms with Crippen molar-refractivity contribution in [2.45, 2.75) is 66.0 Å². The molecule has 0 amide bonds. The second-order valence-corrected chi connectivity index (χ2v) is 9.52. The van der Waals surface area contributed by atoms with Crippen molar-refractivity contribution >= 4 is 17.7 Å². The van der Waals surface area contributed by atoms with Gasteiger partial charge in [-0.2, -0.15) is 0 Å². The fourth-order valence-electron chi connectivity index (χ4n) is 4.01. The number of amidine groups is 2. The van der Waals surface area contributed by atoms with Crippen LogP contribution in [-0.2, 0) is 5.41 Å². The van der Waals surface area contributed by atoms with Gasteiger partial charge in [-0.25, -0.2) is 9.98 Å². The molecule has 178 valence electrons. The van der Waals surface area contributed by atoms with Gasteiger partial charge in [0.05, 0.1) is 0 Å². The van der Waals surface area contributed by atoms with E-state index in [4.69, 9.17) is 9.98 Å². The Balaban J connectivity index is 0.00000158. The number of aliphatic imine (C=N–C) groups is 2. The lowest BCUT2D eigenvalue weighted by molar-refractivity contribution is 0.589. The molecule has 0 spiro atoms. The first-order chi connectivity index (χ1) is 16.4. The number of hydrogen-bond acceptors (Lipinski definition) is 3. The average molecular weight is 454 g/mol. The van der Waals surface area contributed by atoms with E-state index < -0.39 is 0 Å². The van der Waals surface area contributed by atoms with Crippen molar-refractivity contribution in [3.8, 4) is 0 Å². The molecule has 0 radical (unpaired) electrons. The minimum Gasteiger partial charge on any atom is -0.328 e. The largest absolute Gasteiger partial charge is 0.328 e. The van der Waals surface area contributed by atoms with E-state index in [1.54, 1.807) is 0 Å². The first kappa shape index (κ1) is 25.4. The van der Waals surface area contributed by atoms with Crippen LogP contribution in [0.1, 0.15) is 82.8 Å². The van der Waals surface area contributed by atoms with E-state index in [9.17, 15) is 0 Å². The Bertz CT molecular complexity index is 1090. The summed E-state index contributed by atoms with van der Waals surface area (Å²) >= 11 is 0. The molecule has 0 aromatic heterocycles. The van der Waals surface area contributed by atoms with Gasteiger partial charge in [0.15, 0.2) is 6.17 Å². The van der Waals surface area contributed by atoms with Gasteiger partial charge in [0.2, 0.25) is 0 Å². The summed E-state index contributed by atoms with van der Waals surface area (Å²) < 4.78 is 0. The summed E-state index contributed by atoms with van der Waals surface area (Å²) in [6.07, 6.45) is 10.5. The summed E-state index contributed by atoms with van der Waals surface area (Å²) in [4.78, 5) is 10.0. The van der Waals surface area contributed by atoms with E-state index >= 15 is 0 Å². The molecule has 2 aliphatic rings. The smallest absolute Gasteiger partial charge is 0.169 e. The van der Waals surface area contributed by atoms with Crippen molar-refractivity contribution in [1.82, 2.24) is 5.32 Å². The SMILES string of the molecule is C=Cc1ccc(C2=NC(c3ccc(C(C)(C)C)cc3)N=C(C3C=CC(CC)=CC3)N2)cc1.CC. The van der Waals surface area contributed by atoms with Gasteiger partial charge in [-0.05, 0) is 34.9 Å². The summed E-state index contributed by atoms with van der Waals surface area (Å²) in [5.41, 5.74) is 6.10. The maximum Gasteiger partial charge on any atom is 0.169 e. The Labute approximate surface area is 206 Å². The standard InChI is InChI=1S/C29H33N3.C2H6/c1-6-20-8-12-22(13-9-20)26-30-27(23-14-10-21(7-2)11-15-23)32-28(31-26)24-16-18-25(19-17-24)29(3,4)5;1-2/h6,8-14,16-19,23,28H,1,7,15H2,2-5H3,(H,30,31,32);1-2H3. The molecule has 2 aromatic carbocycles. The van der Waals surface area contributed by atoms with E-state index in [2.05, 4.69) is 106 Å². The van der Waals surface area contributed by atoms with Crippen molar-refractivity contribution in [3.63, 3.8) is 0 Å². The molecule has 3 nitrogen and oxygen atoms in total. The lowest BCUT2D eigenvalue weighted by Crippen LogP contribution is -2.39. The van der Waals surface area contributed by atoms with Gasteiger partial charge in [-0.1, -0.05) is 127 Å². The lowest BCUT2D eigenvalue weighted by atomic mass is 9.86. The highest BCUT2D eigenvalue weighted by molar-refractivity contribution is 6.11. The number of nitrogens with one attached hydrogen (secondary N) is 1. The molecule has 2 unspecified atom stereocenters. The second-order valence-electron chi connectivity index (χ2n) is 9.52. The third kappa shape index (κ3) is 6.02. The molecule has 1 aliphatic carbocycles. The van der Waals surface area contributed by atoms with Crippen LogP contribution in [0.15, 0.2) is 88.9 Å². The van der Waals surface area contributed by atoms with Crippen LogP contribution in [0.5, 0.6) is 0 Å². The first-order valence-electron chi connectivity index (χ1n) is 12.5. The van der Waals surface area contributed by atoms with Gasteiger partial charge in [0, 0.05) is 11.5 Å². The van der Waals surface area contributed by atoms with Crippen LogP contribution >= 0.6 is 0 Å². The highest BCUT2D eigenvalue weighted by Crippen LogP contribution is 2.29. The minimum atomic E-state index is -0.251. The fraction of sp³-hybridized carbons (Fsp3) is 0.355. The molecule has 0 saturated heterocycles. The Morgan fingerprint density at radius 3 is 2.21 bits per heavy atom. The highest BCUT2D eigenvalue weighted by Gasteiger charge is 2.25. The predicted molar refractivity (Wildman–Crippen MR) is 148 cm³/mol. The summed E-state index contributed by atoms with van der Waals surface area (Å²) in [7, 11) is 0. The van der Waals surface area contributed by atoms with Gasteiger partial charge >= 0.3 is 0 Å². The monoisotopic (exact) mass is 453 g/mol. The zero-order valence-electron chi connectivity index (χ0n) is 21.6. The molecule has 1 heterocycles. The van der Waals surface area contributed by atoms with Crippen molar-refractivity contribution in [2.75, 3.05) is 0 Å². The van der Waals surface area contributed by atoms with Crippen LogP contribution in [0.3, 0.4) is 0 Å². The Morgan fingerprint density at radius 2 is 1.68 bits per heavy atom. The van der Waals surface area contributed by atoms with Crippen molar-refractivity contribution < 1.29 is 0 Å². The molecule has 1 N–H and O–H groups in total. The summed E-state index contributed by atoms with van der Waals surface area (Å²) in [5, 5.41) is 3.54. The maximum absolute atomic E-state index is 5.05. The Morgan fingerprint density at radius 1 is 1.00 bits per heavy atom. The molecular weight excluding hydrogens is 414 g/mol. The number of hydrogen-bond donors (Lipinski definition) is 1. The van der Waals surface area contributed by atoms with Crippen LogP contribution in [-0.4, -0.2) is 11.7 Å². The number of benzene rings is 2. The second kappa shape index (κ2) is 11.3. The topological polar surface area (TPSA) is 36.8 Å². The maximum atomic E-state index is 5.05. The van der Waals surface area contributed by atoms with Gasteiger partial charge in [0.25, 0.3) is 0 Å². The van der Waals surface area contributed by atoms with Gasteiger partial charge in [-0.15, -0.1) is 0 Å². The Hall–Kier alpha value is -3.20. The molecule has 4 rings (SSSR count). The molecule has 0 bridgehead atoms. The zero-order valence-corrected chi connectivity index (χ0v) is 21.6. The van der Waals surface area contributed by atoms with E-state index in [-0.39, 0.29) is 17.5 Å². The third-order valence-electron chi connectivity index (χ3n) is 6.19. The van der Waals surface area contributed by atoms with Crippen LogP contribution in [0.4, 0.5) is 0 Å². The number of rotatable bonds is 5. The lowest BCUT2D eigenvalue weighted by Gasteiger charge is -2.27. The zero-order chi connectivity index (χ0) is 24.7. The molecule has 2 atom stereocenters. The molecule has 34 heavy (non-hydrogen) atoms. The molecule has 0 saturated carbocycles. The van der Waals surface area contributed by atoms with Crippen LogP contribution in [0.25, 0.3) is 6.08 Å². The third-order valence-corrected chi connectivity index (χ3v) is 6.19. The normalized spacial score (nSPS) is 19.6. The summed E-state index contributed by atoms with van der Waals surface area (Å²) in [6.45, 7) is 16.8. The molecule has 1 aliphatic heterocycles. The molecule has 3 heteroatoms. The van der Waals surface area contributed by atoms with Crippen LogP contribution in [0, 0.1) is 5.92 Å². The molecular formula is C31H39N3. The van der Waals surface area contributed by atoms with E-state index in [0.717, 1.165) is 41.2 Å². The minimum absolute atomic E-state index is 0.124. The van der Waals surface area contributed by atoms with Gasteiger partial charge in [-0.3, -0.25) is 0 Å². The van der Waals surface area contributed by atoms with Crippen molar-refractivity contribution in [3.05, 3.63) is 101 Å². The molecule has 2 aromatic rings. The van der Waals surface area contributed by atoms with Crippen molar-refractivity contribution in [1.29, 1.82) is 0 Å². The summed E-state index contributed by atoms with van der Waals surface area (Å²) in [5.74, 6) is 2.09. The first-order valence-corrected chi connectivity index (χ1v) is 12.5. The van der Waals surface area contributed by atoms with E-state index in [0.29, 0.717) is 0 Å². The van der Waals surface area contributed by atoms with Crippen LogP contribution in [0.2, 0.25) is 0 Å². The quantitative estimate of drug-likeness (QED) is 0.489. The average Bonchev–Trinajstić information content (AvgIpc) is 2.89. The summed E-state index contributed by atoms with van der Waals surface area (Å²) in [6, 6.07) is 17.1. The van der Waals surface area contributed by atoms with Crippen molar-refractivity contribution in [2.24, 2.45) is 15.9 Å². The van der Waals surface area contributed by atoms with E-state index in [1.807, 2.05) is 19.9 Å². The highest BCUT2D eigenvalue weighted by atomic mass is 15.2. The van der Waals surface area contributed by atoms with Gasteiger partial charge < -0.3 is 5.32 Å². The fourth-order valence-corrected chi connectivity index (χ4v) is 4.01. The number of nitrogens with zero attached hydrogens (tertiary/aromatic N) is 2. The van der Waals surface area contributed by atoms with Crippen LogP contribution < -0.4 is 5.32 Å². The Kier molecular flexibility index (Phi) is 8.44. The van der Waals surface area contributed by atoms with Gasteiger partial charge in [0.1, 0.15) is 11.7 Å². The molecule has 0 fully saturated rings.